The van der Waals surface area contributed by atoms with Gasteiger partial charge in [0.05, 0.1) is 12.2 Å². The summed E-state index contributed by atoms with van der Waals surface area (Å²) in [5, 5.41) is 0. The first-order valence-electron chi connectivity index (χ1n) is 6.44. The van der Waals surface area contributed by atoms with Crippen molar-refractivity contribution in [3.05, 3.63) is 65.2 Å². The number of hydrogen-bond donors (Lipinski definition) is 0. The number of nitrogens with zero attached hydrogens (tertiary/aromatic N) is 2. The summed E-state index contributed by atoms with van der Waals surface area (Å²) in [6.45, 7) is 0.385. The maximum Gasteiger partial charge on any atom is 0.276 e. The Morgan fingerprint density at radius 3 is 2.57 bits per heavy atom. The number of rotatable bonds is 2. The molecule has 1 unspecified atom stereocenters. The standard InChI is InChI=1S/C15H11F3N2O/c16-9-7-12(18)14(19-8-9)15(21)20-6-5-13(20)10-3-1-2-4-11(10)17/h1-4,7-8,13H,5-6H2. The van der Waals surface area contributed by atoms with Crippen LogP contribution in [-0.4, -0.2) is 22.3 Å². The molecule has 0 N–H and O–H groups in total. The van der Waals surface area contributed by atoms with Gasteiger partial charge in [0, 0.05) is 18.2 Å². The van der Waals surface area contributed by atoms with Gasteiger partial charge in [0.1, 0.15) is 11.6 Å². The zero-order valence-corrected chi connectivity index (χ0v) is 10.9. The summed E-state index contributed by atoms with van der Waals surface area (Å²) < 4.78 is 40.2. The van der Waals surface area contributed by atoms with Gasteiger partial charge in [-0.05, 0) is 12.5 Å². The van der Waals surface area contributed by atoms with Crippen LogP contribution in [0.4, 0.5) is 13.2 Å². The minimum Gasteiger partial charge on any atom is -0.330 e. The molecule has 2 heterocycles. The van der Waals surface area contributed by atoms with Gasteiger partial charge in [0.15, 0.2) is 11.5 Å². The number of hydrogen-bond acceptors (Lipinski definition) is 2. The molecule has 6 heteroatoms. The van der Waals surface area contributed by atoms with E-state index in [4.69, 9.17) is 0 Å². The number of pyridine rings is 1. The molecule has 0 radical (unpaired) electrons. The van der Waals surface area contributed by atoms with Crippen molar-refractivity contribution in [2.24, 2.45) is 0 Å². The lowest BCUT2D eigenvalue weighted by Gasteiger charge is -2.41. The zero-order chi connectivity index (χ0) is 15.0. The van der Waals surface area contributed by atoms with E-state index in [1.54, 1.807) is 18.2 Å². The first-order chi connectivity index (χ1) is 10.1. The fraction of sp³-hybridized carbons (Fsp3) is 0.200. The Bertz CT molecular complexity index is 705. The molecule has 1 aromatic carbocycles. The van der Waals surface area contributed by atoms with Gasteiger partial charge in [-0.1, -0.05) is 18.2 Å². The van der Waals surface area contributed by atoms with Crippen LogP contribution in [0.2, 0.25) is 0 Å². The van der Waals surface area contributed by atoms with Gasteiger partial charge in [0.2, 0.25) is 0 Å². The van der Waals surface area contributed by atoms with Gasteiger partial charge in [-0.3, -0.25) is 4.79 Å². The Labute approximate surface area is 119 Å². The molecule has 0 aliphatic carbocycles. The van der Waals surface area contributed by atoms with E-state index >= 15 is 0 Å². The summed E-state index contributed by atoms with van der Waals surface area (Å²) in [4.78, 5) is 17.1. The highest BCUT2D eigenvalue weighted by atomic mass is 19.1. The molecule has 3 nitrogen and oxygen atoms in total. The summed E-state index contributed by atoms with van der Waals surface area (Å²) in [7, 11) is 0. The number of likely N-dealkylation sites (tertiary alicyclic amines) is 1. The van der Waals surface area contributed by atoms with E-state index in [0.717, 1.165) is 6.20 Å². The van der Waals surface area contributed by atoms with Crippen molar-refractivity contribution >= 4 is 5.91 Å². The number of aromatic nitrogens is 1. The number of benzene rings is 1. The van der Waals surface area contributed by atoms with Crippen molar-refractivity contribution in [3.63, 3.8) is 0 Å². The Morgan fingerprint density at radius 2 is 1.95 bits per heavy atom. The van der Waals surface area contributed by atoms with Gasteiger partial charge in [-0.2, -0.15) is 0 Å². The SMILES string of the molecule is O=C(c1ncc(F)cc1F)N1CCC1c1ccccc1F. The third kappa shape index (κ3) is 2.37. The Balaban J connectivity index is 1.87. The third-order valence-corrected chi connectivity index (χ3v) is 3.56. The maximum atomic E-state index is 13.8. The van der Waals surface area contributed by atoms with Crippen LogP contribution < -0.4 is 0 Å². The summed E-state index contributed by atoms with van der Waals surface area (Å²) >= 11 is 0. The second-order valence-corrected chi connectivity index (χ2v) is 4.81. The van der Waals surface area contributed by atoms with Crippen molar-refractivity contribution in [1.29, 1.82) is 0 Å². The van der Waals surface area contributed by atoms with Crippen molar-refractivity contribution in [3.8, 4) is 0 Å². The molecule has 0 bridgehead atoms. The Morgan fingerprint density at radius 1 is 1.19 bits per heavy atom. The van der Waals surface area contributed by atoms with E-state index in [1.807, 2.05) is 0 Å². The summed E-state index contributed by atoms with van der Waals surface area (Å²) in [6, 6.07) is 6.31. The van der Waals surface area contributed by atoms with Crippen molar-refractivity contribution in [1.82, 2.24) is 9.88 Å². The molecular weight excluding hydrogens is 281 g/mol. The monoisotopic (exact) mass is 292 g/mol. The van der Waals surface area contributed by atoms with E-state index in [0.29, 0.717) is 24.6 Å². The van der Waals surface area contributed by atoms with E-state index in [-0.39, 0.29) is 0 Å². The van der Waals surface area contributed by atoms with Gasteiger partial charge in [-0.25, -0.2) is 18.2 Å². The van der Waals surface area contributed by atoms with Gasteiger partial charge < -0.3 is 4.90 Å². The van der Waals surface area contributed by atoms with E-state index in [2.05, 4.69) is 4.98 Å². The number of halogens is 3. The van der Waals surface area contributed by atoms with Gasteiger partial charge in [0.25, 0.3) is 5.91 Å². The first-order valence-corrected chi connectivity index (χ1v) is 6.44. The summed E-state index contributed by atoms with van der Waals surface area (Å²) in [5.74, 6) is -2.93. The van der Waals surface area contributed by atoms with Crippen LogP contribution in [0.15, 0.2) is 36.5 Å². The molecule has 1 atom stereocenters. The molecule has 0 spiro atoms. The van der Waals surface area contributed by atoms with Crippen LogP contribution in [0, 0.1) is 17.5 Å². The average molecular weight is 292 g/mol. The largest absolute Gasteiger partial charge is 0.330 e. The molecule has 1 fully saturated rings. The van der Waals surface area contributed by atoms with Crippen molar-refractivity contribution in [2.75, 3.05) is 6.54 Å². The van der Waals surface area contributed by atoms with E-state index < -0.39 is 35.1 Å². The Hall–Kier alpha value is -2.37. The first kappa shape index (κ1) is 13.6. The number of amides is 1. The van der Waals surface area contributed by atoms with Gasteiger partial charge in [-0.15, -0.1) is 0 Å². The van der Waals surface area contributed by atoms with Crippen molar-refractivity contribution in [2.45, 2.75) is 12.5 Å². The maximum absolute atomic E-state index is 13.8. The highest BCUT2D eigenvalue weighted by Gasteiger charge is 2.36. The predicted octanol–water partition coefficient (Wildman–Crippen LogP) is 3.09. The normalized spacial score (nSPS) is 17.5. The molecule has 1 amide bonds. The number of carbonyl (C=O) groups is 1. The predicted molar refractivity (Wildman–Crippen MR) is 68.9 cm³/mol. The van der Waals surface area contributed by atoms with E-state index in [1.165, 1.54) is 11.0 Å². The van der Waals surface area contributed by atoms with Crippen LogP contribution in [0.5, 0.6) is 0 Å². The molecule has 3 rings (SSSR count). The molecular formula is C15H11F3N2O. The quantitative estimate of drug-likeness (QED) is 0.852. The van der Waals surface area contributed by atoms with Crippen LogP contribution in [0.1, 0.15) is 28.5 Å². The second-order valence-electron chi connectivity index (χ2n) is 4.81. The molecule has 0 saturated carbocycles. The minimum atomic E-state index is -1.01. The van der Waals surface area contributed by atoms with Crippen LogP contribution >= 0.6 is 0 Å². The lowest BCUT2D eigenvalue weighted by Crippen LogP contribution is -2.46. The minimum absolute atomic E-state index is 0.385. The average Bonchev–Trinajstić information content (AvgIpc) is 2.40. The second kappa shape index (κ2) is 5.20. The highest BCUT2D eigenvalue weighted by molar-refractivity contribution is 5.93. The molecule has 108 valence electrons. The molecule has 1 saturated heterocycles. The smallest absolute Gasteiger partial charge is 0.276 e. The molecule has 2 aromatic rings. The topological polar surface area (TPSA) is 33.2 Å². The Kier molecular flexibility index (Phi) is 3.37. The highest BCUT2D eigenvalue weighted by Crippen LogP contribution is 2.35. The van der Waals surface area contributed by atoms with Crippen LogP contribution in [0.3, 0.4) is 0 Å². The molecule has 1 aliphatic rings. The lowest BCUT2D eigenvalue weighted by atomic mass is 9.93. The zero-order valence-electron chi connectivity index (χ0n) is 10.9. The fourth-order valence-electron chi connectivity index (χ4n) is 2.41. The fourth-order valence-corrected chi connectivity index (χ4v) is 2.41. The van der Waals surface area contributed by atoms with Crippen molar-refractivity contribution < 1.29 is 18.0 Å². The van der Waals surface area contributed by atoms with Crippen LogP contribution in [0.25, 0.3) is 0 Å². The summed E-state index contributed by atoms with van der Waals surface area (Å²) in [6.07, 6.45) is 1.38. The number of carbonyl (C=O) groups excluding carboxylic acids is 1. The van der Waals surface area contributed by atoms with Crippen LogP contribution in [-0.2, 0) is 0 Å². The van der Waals surface area contributed by atoms with Gasteiger partial charge >= 0.3 is 0 Å². The molecule has 21 heavy (non-hydrogen) atoms. The van der Waals surface area contributed by atoms with E-state index in [9.17, 15) is 18.0 Å². The molecule has 1 aliphatic heterocycles. The molecule has 1 aromatic heterocycles. The lowest BCUT2D eigenvalue weighted by molar-refractivity contribution is 0.0441. The summed E-state index contributed by atoms with van der Waals surface area (Å²) in [5.41, 5.74) is -0.0583. The third-order valence-electron chi connectivity index (χ3n) is 3.56.